The molecule has 4 N–H and O–H groups in total. The summed E-state index contributed by atoms with van der Waals surface area (Å²) in [6.07, 6.45) is 7.77. The number of amides is 1. The summed E-state index contributed by atoms with van der Waals surface area (Å²) >= 11 is 0. The summed E-state index contributed by atoms with van der Waals surface area (Å²) in [5, 5.41) is 0. The average molecular weight is 316 g/mol. The highest BCUT2D eigenvalue weighted by molar-refractivity contribution is 5.68. The van der Waals surface area contributed by atoms with E-state index >= 15 is 0 Å². The molecule has 132 valence electrons. The van der Waals surface area contributed by atoms with Crippen molar-refractivity contribution in [2.45, 2.75) is 90.8 Å². The van der Waals surface area contributed by atoms with E-state index in [1.54, 1.807) is 4.90 Å². The van der Waals surface area contributed by atoms with Crippen LogP contribution in [0.15, 0.2) is 0 Å². The molecule has 1 atom stereocenters. The molecule has 22 heavy (non-hydrogen) atoms. The third-order valence-electron chi connectivity index (χ3n) is 3.48. The molecule has 1 unspecified atom stereocenters. The van der Waals surface area contributed by atoms with Crippen LogP contribution in [0.4, 0.5) is 4.79 Å². The van der Waals surface area contributed by atoms with Crippen LogP contribution < -0.4 is 11.5 Å². The van der Waals surface area contributed by atoms with Crippen LogP contribution in [-0.4, -0.2) is 35.8 Å². The van der Waals surface area contributed by atoms with Crippen LogP contribution in [0.2, 0.25) is 0 Å². The Morgan fingerprint density at radius 2 is 1.73 bits per heavy atom. The first-order chi connectivity index (χ1) is 10.3. The SMILES string of the molecule is CCCCCC(N)N(CCCCCCN)C(=O)OC(C)(C)C. The number of nitrogens with zero attached hydrogens (tertiary/aromatic N) is 1. The second-order valence-corrected chi connectivity index (χ2v) is 6.94. The fraction of sp³-hybridized carbons (Fsp3) is 0.941. The Labute approximate surface area is 136 Å². The normalized spacial score (nSPS) is 13.0. The van der Waals surface area contributed by atoms with Gasteiger partial charge in [0.1, 0.15) is 5.60 Å². The first-order valence-corrected chi connectivity index (χ1v) is 8.77. The maximum absolute atomic E-state index is 12.4. The van der Waals surface area contributed by atoms with Gasteiger partial charge >= 0.3 is 6.09 Å². The fourth-order valence-electron chi connectivity index (χ4n) is 2.25. The molecule has 0 aromatic rings. The van der Waals surface area contributed by atoms with Gasteiger partial charge in [-0.15, -0.1) is 0 Å². The van der Waals surface area contributed by atoms with Crippen molar-refractivity contribution < 1.29 is 9.53 Å². The van der Waals surface area contributed by atoms with Crippen LogP contribution >= 0.6 is 0 Å². The molecule has 5 heteroatoms. The second-order valence-electron chi connectivity index (χ2n) is 6.94. The molecule has 0 bridgehead atoms. The Morgan fingerprint density at radius 3 is 2.27 bits per heavy atom. The lowest BCUT2D eigenvalue weighted by atomic mass is 10.1. The monoisotopic (exact) mass is 315 g/mol. The van der Waals surface area contributed by atoms with Gasteiger partial charge in [-0.2, -0.15) is 0 Å². The lowest BCUT2D eigenvalue weighted by Crippen LogP contribution is -2.48. The number of hydrogen-bond donors (Lipinski definition) is 2. The van der Waals surface area contributed by atoms with E-state index in [9.17, 15) is 4.79 Å². The van der Waals surface area contributed by atoms with Crippen LogP contribution in [-0.2, 0) is 4.74 Å². The number of hydrogen-bond acceptors (Lipinski definition) is 4. The van der Waals surface area contributed by atoms with Gasteiger partial charge in [-0.3, -0.25) is 4.90 Å². The Bertz CT molecular complexity index is 290. The number of carbonyl (C=O) groups is 1. The van der Waals surface area contributed by atoms with Gasteiger partial charge in [0, 0.05) is 6.54 Å². The van der Waals surface area contributed by atoms with E-state index in [0.29, 0.717) is 6.54 Å². The molecule has 0 aliphatic carbocycles. The molecule has 1 amide bonds. The minimum atomic E-state index is -0.488. The first kappa shape index (κ1) is 21.2. The zero-order valence-corrected chi connectivity index (χ0v) is 15.1. The number of nitrogens with two attached hydrogens (primary N) is 2. The van der Waals surface area contributed by atoms with Gasteiger partial charge in [0.25, 0.3) is 0 Å². The van der Waals surface area contributed by atoms with E-state index in [1.807, 2.05) is 20.8 Å². The molecule has 0 aliphatic heterocycles. The van der Waals surface area contributed by atoms with E-state index in [4.69, 9.17) is 16.2 Å². The van der Waals surface area contributed by atoms with Gasteiger partial charge in [-0.05, 0) is 46.6 Å². The van der Waals surface area contributed by atoms with Crippen LogP contribution in [0.1, 0.15) is 79.1 Å². The van der Waals surface area contributed by atoms with Crippen molar-refractivity contribution >= 4 is 6.09 Å². The molecule has 0 heterocycles. The zero-order valence-electron chi connectivity index (χ0n) is 15.1. The Morgan fingerprint density at radius 1 is 1.09 bits per heavy atom. The minimum Gasteiger partial charge on any atom is -0.444 e. The summed E-state index contributed by atoms with van der Waals surface area (Å²) in [7, 11) is 0. The molecule has 0 aromatic heterocycles. The maximum atomic E-state index is 12.4. The summed E-state index contributed by atoms with van der Waals surface area (Å²) in [5.74, 6) is 0. The molecule has 0 aromatic carbocycles. The van der Waals surface area contributed by atoms with Crippen molar-refractivity contribution in [3.05, 3.63) is 0 Å². The molecular formula is C17H37N3O2. The smallest absolute Gasteiger partial charge is 0.411 e. The number of rotatable bonds is 11. The van der Waals surface area contributed by atoms with Crippen molar-refractivity contribution in [3.63, 3.8) is 0 Å². The standard InChI is InChI=1S/C17H37N3O2/c1-5-6-9-12-15(19)20(14-11-8-7-10-13-18)16(21)22-17(2,3)4/h15H,5-14,18-19H2,1-4H3. The van der Waals surface area contributed by atoms with E-state index in [1.165, 1.54) is 0 Å². The molecule has 0 fully saturated rings. The topological polar surface area (TPSA) is 81.6 Å². The third-order valence-corrected chi connectivity index (χ3v) is 3.48. The Kier molecular flexibility index (Phi) is 11.3. The van der Waals surface area contributed by atoms with E-state index in [2.05, 4.69) is 6.92 Å². The fourth-order valence-corrected chi connectivity index (χ4v) is 2.25. The number of ether oxygens (including phenoxy) is 1. The van der Waals surface area contributed by atoms with Gasteiger partial charge in [0.05, 0.1) is 6.17 Å². The highest BCUT2D eigenvalue weighted by Gasteiger charge is 2.25. The summed E-state index contributed by atoms with van der Waals surface area (Å²) in [5.41, 5.74) is 11.2. The van der Waals surface area contributed by atoms with Crippen molar-refractivity contribution in [2.75, 3.05) is 13.1 Å². The van der Waals surface area contributed by atoms with Crippen LogP contribution in [0.5, 0.6) is 0 Å². The predicted octanol–water partition coefficient (Wildman–Crippen LogP) is 3.61. The summed E-state index contributed by atoms with van der Waals surface area (Å²) in [6.45, 7) is 9.19. The lowest BCUT2D eigenvalue weighted by molar-refractivity contribution is 0.0151. The predicted molar refractivity (Wildman–Crippen MR) is 92.6 cm³/mol. The molecular weight excluding hydrogens is 278 g/mol. The number of carbonyl (C=O) groups excluding carboxylic acids is 1. The molecule has 5 nitrogen and oxygen atoms in total. The number of unbranched alkanes of at least 4 members (excludes halogenated alkanes) is 5. The molecule has 0 aliphatic rings. The van der Waals surface area contributed by atoms with E-state index in [0.717, 1.165) is 57.9 Å². The van der Waals surface area contributed by atoms with Crippen molar-refractivity contribution in [2.24, 2.45) is 11.5 Å². The van der Waals surface area contributed by atoms with Crippen molar-refractivity contribution in [1.82, 2.24) is 4.90 Å². The molecule has 0 saturated heterocycles. The molecule has 0 radical (unpaired) electrons. The first-order valence-electron chi connectivity index (χ1n) is 8.77. The second kappa shape index (κ2) is 11.7. The average Bonchev–Trinajstić information content (AvgIpc) is 2.40. The van der Waals surface area contributed by atoms with Crippen molar-refractivity contribution in [1.29, 1.82) is 0 Å². The van der Waals surface area contributed by atoms with Gasteiger partial charge in [-0.25, -0.2) is 4.79 Å². The summed E-state index contributed by atoms with van der Waals surface area (Å²) in [4.78, 5) is 14.1. The largest absolute Gasteiger partial charge is 0.444 e. The zero-order chi connectivity index (χ0) is 17.0. The Balaban J connectivity index is 4.44. The summed E-state index contributed by atoms with van der Waals surface area (Å²) in [6, 6.07) is 0. The molecule has 0 spiro atoms. The van der Waals surface area contributed by atoms with Gasteiger partial charge < -0.3 is 16.2 Å². The van der Waals surface area contributed by atoms with Crippen LogP contribution in [0.25, 0.3) is 0 Å². The molecule has 0 rings (SSSR count). The van der Waals surface area contributed by atoms with Crippen LogP contribution in [0, 0.1) is 0 Å². The highest BCUT2D eigenvalue weighted by atomic mass is 16.6. The quantitative estimate of drug-likeness (QED) is 0.451. The van der Waals surface area contributed by atoms with Gasteiger partial charge in [0.2, 0.25) is 0 Å². The maximum Gasteiger partial charge on any atom is 0.411 e. The Hall–Kier alpha value is -0.810. The molecule has 0 saturated carbocycles. The van der Waals surface area contributed by atoms with E-state index in [-0.39, 0.29) is 12.3 Å². The summed E-state index contributed by atoms with van der Waals surface area (Å²) < 4.78 is 5.49. The van der Waals surface area contributed by atoms with Crippen LogP contribution in [0.3, 0.4) is 0 Å². The highest BCUT2D eigenvalue weighted by Crippen LogP contribution is 2.14. The van der Waals surface area contributed by atoms with Gasteiger partial charge in [-0.1, -0.05) is 39.0 Å². The lowest BCUT2D eigenvalue weighted by Gasteiger charge is -2.31. The van der Waals surface area contributed by atoms with Gasteiger partial charge in [0.15, 0.2) is 0 Å². The minimum absolute atomic E-state index is 0.254. The third kappa shape index (κ3) is 10.9. The van der Waals surface area contributed by atoms with E-state index < -0.39 is 5.60 Å². The van der Waals surface area contributed by atoms with Crippen molar-refractivity contribution in [3.8, 4) is 0 Å².